The summed E-state index contributed by atoms with van der Waals surface area (Å²) in [7, 11) is 1.56. The molecule has 4 N–H and O–H groups in total. The molecule has 0 aliphatic heterocycles. The number of rotatable bonds is 4. The molecular weight excluding hydrogens is 262 g/mol. The number of aryl methyl sites for hydroxylation is 1. The van der Waals surface area contributed by atoms with Crippen molar-refractivity contribution in [3.8, 4) is 0 Å². The van der Waals surface area contributed by atoms with Crippen LogP contribution in [0, 0.1) is 6.92 Å². The second kappa shape index (κ2) is 5.66. The number of nitrogens with one attached hydrogen (secondary N) is 2. The Morgan fingerprint density at radius 2 is 2.26 bits per heavy atom. The van der Waals surface area contributed by atoms with Gasteiger partial charge in [-0.15, -0.1) is 0 Å². The van der Waals surface area contributed by atoms with Crippen molar-refractivity contribution in [3.63, 3.8) is 0 Å². The van der Waals surface area contributed by atoms with E-state index < -0.39 is 0 Å². The van der Waals surface area contributed by atoms with E-state index in [4.69, 9.17) is 5.73 Å². The minimum absolute atomic E-state index is 0.240. The molecule has 0 aliphatic rings. The average Bonchev–Trinajstić information content (AvgIpc) is 2.78. The third kappa shape index (κ3) is 3.00. The van der Waals surface area contributed by atoms with Crippen LogP contribution in [0.4, 0.5) is 10.8 Å². The first-order valence-electron chi connectivity index (χ1n) is 5.74. The summed E-state index contributed by atoms with van der Waals surface area (Å²) in [6.45, 7) is 2.50. The number of hydrogen-bond donors (Lipinski definition) is 3. The van der Waals surface area contributed by atoms with Gasteiger partial charge in [0.05, 0.1) is 0 Å². The number of pyridine rings is 1. The average molecular weight is 277 g/mol. The third-order valence-corrected chi connectivity index (χ3v) is 3.42. The number of hydrogen-bond acceptors (Lipinski definition) is 6. The van der Waals surface area contributed by atoms with Crippen LogP contribution in [-0.2, 0) is 6.54 Å². The van der Waals surface area contributed by atoms with Crippen molar-refractivity contribution >= 4 is 28.3 Å². The first-order chi connectivity index (χ1) is 9.11. The standard InChI is InChI=1S/C12H15N5OS/c1-7-3-4-8(5-15-7)6-16-12-9(11(18)14-2)10(13)17-19-12/h3-5,16H,6H2,1-2H3,(H2,13,17)(H,14,18). The molecule has 19 heavy (non-hydrogen) atoms. The van der Waals surface area contributed by atoms with Crippen LogP contribution < -0.4 is 16.4 Å². The Kier molecular flexibility index (Phi) is 3.96. The fourth-order valence-corrected chi connectivity index (χ4v) is 2.26. The summed E-state index contributed by atoms with van der Waals surface area (Å²) in [6, 6.07) is 3.93. The molecule has 0 atom stereocenters. The van der Waals surface area contributed by atoms with Crippen LogP contribution in [0.3, 0.4) is 0 Å². The lowest BCUT2D eigenvalue weighted by molar-refractivity contribution is 0.0965. The van der Waals surface area contributed by atoms with Gasteiger partial charge in [0, 0.05) is 25.5 Å². The Morgan fingerprint density at radius 1 is 1.47 bits per heavy atom. The van der Waals surface area contributed by atoms with Crippen molar-refractivity contribution < 1.29 is 4.79 Å². The lowest BCUT2D eigenvalue weighted by Crippen LogP contribution is -2.20. The van der Waals surface area contributed by atoms with Gasteiger partial charge < -0.3 is 16.4 Å². The number of carbonyl (C=O) groups is 1. The molecule has 0 fully saturated rings. The third-order valence-electron chi connectivity index (χ3n) is 2.60. The van der Waals surface area contributed by atoms with Crippen LogP contribution in [0.2, 0.25) is 0 Å². The van der Waals surface area contributed by atoms with Crippen molar-refractivity contribution in [2.75, 3.05) is 18.1 Å². The topological polar surface area (TPSA) is 92.9 Å². The van der Waals surface area contributed by atoms with E-state index in [1.54, 1.807) is 13.2 Å². The summed E-state index contributed by atoms with van der Waals surface area (Å²) in [5.41, 5.74) is 8.09. The molecule has 0 radical (unpaired) electrons. The van der Waals surface area contributed by atoms with Crippen LogP contribution in [0.5, 0.6) is 0 Å². The first kappa shape index (κ1) is 13.3. The zero-order valence-electron chi connectivity index (χ0n) is 10.7. The van der Waals surface area contributed by atoms with Crippen LogP contribution >= 0.6 is 11.5 Å². The number of aromatic nitrogens is 2. The first-order valence-corrected chi connectivity index (χ1v) is 6.51. The van der Waals surface area contributed by atoms with E-state index in [2.05, 4.69) is 20.0 Å². The van der Waals surface area contributed by atoms with Gasteiger partial charge in [0.15, 0.2) is 5.82 Å². The van der Waals surface area contributed by atoms with E-state index in [9.17, 15) is 4.79 Å². The molecule has 0 aliphatic carbocycles. The quantitative estimate of drug-likeness (QED) is 0.785. The minimum Gasteiger partial charge on any atom is -0.382 e. The zero-order chi connectivity index (χ0) is 13.8. The highest BCUT2D eigenvalue weighted by Crippen LogP contribution is 2.26. The van der Waals surface area contributed by atoms with Gasteiger partial charge in [-0.1, -0.05) is 6.07 Å². The Morgan fingerprint density at radius 3 is 2.89 bits per heavy atom. The van der Waals surface area contributed by atoms with Gasteiger partial charge in [-0.25, -0.2) is 0 Å². The van der Waals surface area contributed by atoms with E-state index in [-0.39, 0.29) is 11.7 Å². The van der Waals surface area contributed by atoms with Crippen LogP contribution in [0.1, 0.15) is 21.6 Å². The van der Waals surface area contributed by atoms with Gasteiger partial charge in [0.1, 0.15) is 10.6 Å². The molecule has 0 aromatic carbocycles. The fourth-order valence-electron chi connectivity index (χ4n) is 1.55. The molecule has 6 nitrogen and oxygen atoms in total. The molecule has 2 aromatic heterocycles. The zero-order valence-corrected chi connectivity index (χ0v) is 11.5. The number of anilines is 2. The lowest BCUT2D eigenvalue weighted by atomic mass is 10.2. The summed E-state index contributed by atoms with van der Waals surface area (Å²) in [6.07, 6.45) is 1.80. The van der Waals surface area contributed by atoms with E-state index in [0.717, 1.165) is 11.3 Å². The number of carbonyl (C=O) groups excluding carboxylic acids is 1. The van der Waals surface area contributed by atoms with Crippen LogP contribution in [-0.4, -0.2) is 22.3 Å². The summed E-state index contributed by atoms with van der Waals surface area (Å²) >= 11 is 1.17. The van der Waals surface area contributed by atoms with E-state index >= 15 is 0 Å². The molecule has 2 rings (SSSR count). The molecule has 100 valence electrons. The maximum atomic E-state index is 11.7. The Balaban J connectivity index is 2.11. The highest BCUT2D eigenvalue weighted by Gasteiger charge is 2.17. The Hall–Kier alpha value is -2.15. The largest absolute Gasteiger partial charge is 0.382 e. The Bertz CT molecular complexity index is 578. The number of amides is 1. The number of nitrogens with zero attached hydrogens (tertiary/aromatic N) is 2. The van der Waals surface area contributed by atoms with Crippen LogP contribution in [0.25, 0.3) is 0 Å². The fraction of sp³-hybridized carbons (Fsp3) is 0.250. The second-order valence-electron chi connectivity index (χ2n) is 4.01. The summed E-state index contributed by atoms with van der Waals surface area (Å²) in [5.74, 6) is 0.00432. The molecule has 2 aromatic rings. The molecule has 0 spiro atoms. The molecule has 2 heterocycles. The maximum absolute atomic E-state index is 11.7. The highest BCUT2D eigenvalue weighted by atomic mass is 32.1. The molecule has 7 heteroatoms. The maximum Gasteiger partial charge on any atom is 0.257 e. The predicted molar refractivity (Wildman–Crippen MR) is 76.2 cm³/mol. The van der Waals surface area contributed by atoms with E-state index in [1.807, 2.05) is 19.1 Å². The summed E-state index contributed by atoms with van der Waals surface area (Å²) in [5, 5.41) is 6.37. The molecular formula is C12H15N5OS. The van der Waals surface area contributed by atoms with Crippen molar-refractivity contribution in [3.05, 3.63) is 35.2 Å². The molecule has 0 saturated carbocycles. The normalized spacial score (nSPS) is 10.2. The highest BCUT2D eigenvalue weighted by molar-refractivity contribution is 7.11. The Labute approximate surface area is 115 Å². The SMILES string of the molecule is CNC(=O)c1c(N)nsc1NCc1ccc(C)nc1. The van der Waals surface area contributed by atoms with Gasteiger partial charge in [-0.05, 0) is 30.1 Å². The molecule has 0 bridgehead atoms. The number of nitrogens with two attached hydrogens (primary N) is 1. The molecule has 0 saturated heterocycles. The summed E-state index contributed by atoms with van der Waals surface area (Å²) < 4.78 is 3.99. The second-order valence-corrected chi connectivity index (χ2v) is 4.79. The van der Waals surface area contributed by atoms with Crippen molar-refractivity contribution in [1.29, 1.82) is 0 Å². The number of nitrogen functional groups attached to an aromatic ring is 1. The molecule has 1 amide bonds. The van der Waals surface area contributed by atoms with Crippen molar-refractivity contribution in [2.24, 2.45) is 0 Å². The van der Waals surface area contributed by atoms with Gasteiger partial charge in [0.2, 0.25) is 0 Å². The van der Waals surface area contributed by atoms with Crippen LogP contribution in [0.15, 0.2) is 18.3 Å². The van der Waals surface area contributed by atoms with Gasteiger partial charge in [-0.3, -0.25) is 9.78 Å². The smallest absolute Gasteiger partial charge is 0.257 e. The minimum atomic E-state index is -0.240. The lowest BCUT2D eigenvalue weighted by Gasteiger charge is -2.06. The summed E-state index contributed by atoms with van der Waals surface area (Å²) in [4.78, 5) is 15.9. The van der Waals surface area contributed by atoms with Crippen molar-refractivity contribution in [2.45, 2.75) is 13.5 Å². The monoisotopic (exact) mass is 277 g/mol. The van der Waals surface area contributed by atoms with Gasteiger partial charge >= 0.3 is 0 Å². The van der Waals surface area contributed by atoms with Crippen molar-refractivity contribution in [1.82, 2.24) is 14.7 Å². The van der Waals surface area contributed by atoms with E-state index in [1.165, 1.54) is 11.5 Å². The predicted octanol–water partition coefficient (Wildman–Crippen LogP) is 1.40. The van der Waals surface area contributed by atoms with Gasteiger partial charge in [0.25, 0.3) is 5.91 Å². The van der Waals surface area contributed by atoms with Gasteiger partial charge in [-0.2, -0.15) is 4.37 Å². The van der Waals surface area contributed by atoms with E-state index in [0.29, 0.717) is 17.1 Å². The molecule has 0 unspecified atom stereocenters.